The van der Waals surface area contributed by atoms with Crippen LogP contribution < -0.4 is 15.9 Å². The van der Waals surface area contributed by atoms with Gasteiger partial charge >= 0.3 is 0 Å². The van der Waals surface area contributed by atoms with Gasteiger partial charge in [-0.2, -0.15) is 0 Å². The van der Waals surface area contributed by atoms with E-state index in [0.717, 1.165) is 0 Å². The molecule has 0 aliphatic carbocycles. The van der Waals surface area contributed by atoms with E-state index in [0.29, 0.717) is 6.42 Å². The van der Waals surface area contributed by atoms with Crippen LogP contribution in [0.3, 0.4) is 0 Å². The van der Waals surface area contributed by atoms with Gasteiger partial charge in [0.15, 0.2) is 14.1 Å². The van der Waals surface area contributed by atoms with Crippen molar-refractivity contribution in [3.8, 4) is 0 Å². The van der Waals surface area contributed by atoms with E-state index < -0.39 is 15.2 Å². The van der Waals surface area contributed by atoms with Crippen LogP contribution in [0.25, 0.3) is 0 Å². The lowest BCUT2D eigenvalue weighted by atomic mass is 10.2. The Morgan fingerprint density at radius 1 is 0.818 bits per heavy atom. The molecule has 0 aliphatic rings. The van der Waals surface area contributed by atoms with E-state index in [1.54, 1.807) is 0 Å². The highest BCUT2D eigenvalue weighted by atomic mass is 31.2. The third kappa shape index (κ3) is 5.84. The largest absolute Gasteiger partial charge is 0.414 e. The van der Waals surface area contributed by atoms with Crippen molar-refractivity contribution in [1.29, 1.82) is 0 Å². The van der Waals surface area contributed by atoms with Crippen molar-refractivity contribution < 1.29 is 9.22 Å². The molecule has 0 saturated carbocycles. The highest BCUT2D eigenvalue weighted by Crippen LogP contribution is 2.44. The minimum Gasteiger partial charge on any atom is -0.414 e. The summed E-state index contributed by atoms with van der Waals surface area (Å²) in [5.41, 5.74) is 0. The highest BCUT2D eigenvalue weighted by Gasteiger charge is 2.38. The van der Waals surface area contributed by atoms with Crippen LogP contribution in [-0.2, 0) is 9.22 Å². The molecule has 0 fully saturated rings. The molecule has 0 N–H and O–H groups in total. The molecule has 174 valence electrons. The maximum Gasteiger partial charge on any atom is 0.192 e. The molecular weight excluding hydrogens is 439 g/mol. The summed E-state index contributed by atoms with van der Waals surface area (Å²) in [5, 5.41) is 3.68. The Hall–Kier alpha value is -2.19. The predicted molar refractivity (Wildman–Crippen MR) is 149 cm³/mol. The third-order valence-electron chi connectivity index (χ3n) is 6.62. The Kier molecular flexibility index (Phi) is 8.00. The van der Waals surface area contributed by atoms with Gasteiger partial charge < -0.3 is 4.43 Å². The molecule has 3 aromatic rings. The summed E-state index contributed by atoms with van der Waals surface area (Å²) in [6.07, 6.45) is 0.277. The maximum absolute atomic E-state index is 13.6. The SMILES string of the molecule is C[C@@H](CC(=O)C=P(c1ccccc1)(c1ccccc1)c1ccccc1)O[Si](C)(C)C(C)(C)C. The molecule has 0 aromatic heterocycles. The van der Waals surface area contributed by atoms with Gasteiger partial charge in [0.1, 0.15) is 0 Å². The van der Waals surface area contributed by atoms with Crippen molar-refractivity contribution in [2.45, 2.75) is 58.4 Å². The van der Waals surface area contributed by atoms with Gasteiger partial charge in [0, 0.05) is 12.5 Å². The highest BCUT2D eigenvalue weighted by molar-refractivity contribution is 7.95. The Bertz CT molecular complexity index is 997. The first kappa shape index (κ1) is 25.4. The van der Waals surface area contributed by atoms with Gasteiger partial charge in [-0.05, 0) is 53.7 Å². The second-order valence-electron chi connectivity index (χ2n) is 10.2. The third-order valence-corrected chi connectivity index (χ3v) is 15.2. The zero-order valence-electron chi connectivity index (χ0n) is 20.8. The fourth-order valence-electron chi connectivity index (χ4n) is 3.93. The van der Waals surface area contributed by atoms with Gasteiger partial charge in [0.05, 0.1) is 0 Å². The van der Waals surface area contributed by atoms with Gasteiger partial charge in [-0.1, -0.05) is 112 Å². The first-order valence-electron chi connectivity index (χ1n) is 11.7. The van der Waals surface area contributed by atoms with E-state index in [9.17, 15) is 4.79 Å². The van der Waals surface area contributed by atoms with E-state index in [1.807, 2.05) is 30.9 Å². The van der Waals surface area contributed by atoms with E-state index >= 15 is 0 Å². The topological polar surface area (TPSA) is 26.3 Å². The molecule has 0 radical (unpaired) electrons. The van der Waals surface area contributed by atoms with Crippen molar-refractivity contribution in [2.75, 3.05) is 0 Å². The fourth-order valence-corrected chi connectivity index (χ4v) is 9.18. The molecule has 0 amide bonds. The smallest absolute Gasteiger partial charge is 0.192 e. The summed E-state index contributed by atoms with van der Waals surface area (Å²) in [4.78, 5) is 13.6. The summed E-state index contributed by atoms with van der Waals surface area (Å²) >= 11 is 0. The Balaban J connectivity index is 2.11. The quantitative estimate of drug-likeness (QED) is 0.288. The molecule has 3 aromatic carbocycles. The molecule has 3 rings (SSSR count). The molecule has 4 heteroatoms. The summed E-state index contributed by atoms with van der Waals surface area (Å²) in [6.45, 7) is 11.0. The van der Waals surface area contributed by atoms with Gasteiger partial charge in [-0.25, -0.2) is 0 Å². The molecule has 2 nitrogen and oxygen atoms in total. The van der Waals surface area contributed by atoms with E-state index in [1.165, 1.54) is 15.9 Å². The minimum absolute atomic E-state index is 0.112. The Labute approximate surface area is 201 Å². The summed E-state index contributed by atoms with van der Waals surface area (Å²) in [6, 6.07) is 31.5. The van der Waals surface area contributed by atoms with E-state index in [4.69, 9.17) is 4.43 Å². The number of carbonyl (C=O) groups excluding carboxylic acids is 1. The molecule has 0 heterocycles. The Morgan fingerprint density at radius 3 is 1.52 bits per heavy atom. The van der Waals surface area contributed by atoms with Gasteiger partial charge in [-0.15, -0.1) is 0 Å². The van der Waals surface area contributed by atoms with Crippen molar-refractivity contribution in [2.24, 2.45) is 0 Å². The maximum atomic E-state index is 13.6. The molecular formula is C29H37O2PSi. The summed E-state index contributed by atoms with van der Waals surface area (Å²) in [7, 11) is -1.94. The van der Waals surface area contributed by atoms with Crippen LogP contribution in [0.4, 0.5) is 0 Å². The predicted octanol–water partition coefficient (Wildman–Crippen LogP) is 6.15. The van der Waals surface area contributed by atoms with Crippen LogP contribution in [0.2, 0.25) is 18.1 Å². The standard InChI is InChI=1S/C29H37O2PSi/c1-24(31-33(5,6)29(2,3)4)22-25(30)23-32(26-16-10-7-11-17-26,27-18-12-8-13-19-27)28-20-14-9-15-21-28/h7-21,23-24H,22H2,1-6H3/t24-/m0/s1. The van der Waals surface area contributed by atoms with Crippen LogP contribution >= 0.6 is 6.89 Å². The monoisotopic (exact) mass is 476 g/mol. The van der Waals surface area contributed by atoms with E-state index in [-0.39, 0.29) is 16.9 Å². The van der Waals surface area contributed by atoms with Crippen LogP contribution in [0, 0.1) is 0 Å². The molecule has 33 heavy (non-hydrogen) atoms. The normalized spacial score (nSPS) is 13.4. The lowest BCUT2D eigenvalue weighted by Crippen LogP contribution is -2.43. The molecule has 0 spiro atoms. The van der Waals surface area contributed by atoms with Gasteiger partial charge in [0.2, 0.25) is 0 Å². The molecule has 0 unspecified atom stereocenters. The zero-order chi connectivity index (χ0) is 24.1. The lowest BCUT2D eigenvalue weighted by Gasteiger charge is -2.38. The number of ketones is 1. The zero-order valence-corrected chi connectivity index (χ0v) is 22.7. The van der Waals surface area contributed by atoms with Crippen LogP contribution in [0.5, 0.6) is 0 Å². The number of rotatable bonds is 8. The summed E-state index contributed by atoms with van der Waals surface area (Å²) < 4.78 is 6.51. The van der Waals surface area contributed by atoms with Gasteiger partial charge in [0.25, 0.3) is 0 Å². The Morgan fingerprint density at radius 2 is 1.18 bits per heavy atom. The van der Waals surface area contributed by atoms with Crippen molar-refractivity contribution in [3.63, 3.8) is 0 Å². The number of hydrogen-bond acceptors (Lipinski definition) is 2. The van der Waals surface area contributed by atoms with Gasteiger partial charge in [-0.3, -0.25) is 4.79 Å². The minimum atomic E-state index is -2.27. The number of benzene rings is 3. The number of Topliss-reactive ketones (excluding diaryl/α,β-unsaturated/α-hetero) is 1. The average Bonchev–Trinajstić information content (AvgIpc) is 2.78. The van der Waals surface area contributed by atoms with Crippen molar-refractivity contribution in [3.05, 3.63) is 91.0 Å². The lowest BCUT2D eigenvalue weighted by molar-refractivity contribution is -0.113. The summed E-state index contributed by atoms with van der Waals surface area (Å²) in [5.74, 6) is 2.17. The molecule has 0 bridgehead atoms. The average molecular weight is 477 g/mol. The second-order valence-corrected chi connectivity index (χ2v) is 18.2. The fraction of sp³-hybridized carbons (Fsp3) is 0.310. The van der Waals surface area contributed by atoms with Crippen molar-refractivity contribution >= 4 is 42.7 Å². The molecule has 1 atom stereocenters. The van der Waals surface area contributed by atoms with E-state index in [2.05, 4.69) is 107 Å². The number of hydrogen-bond donors (Lipinski definition) is 0. The van der Waals surface area contributed by atoms with Crippen LogP contribution in [0.1, 0.15) is 34.1 Å². The number of carbonyl (C=O) groups is 1. The second kappa shape index (κ2) is 10.4. The van der Waals surface area contributed by atoms with Crippen molar-refractivity contribution in [1.82, 2.24) is 0 Å². The first-order valence-corrected chi connectivity index (χ1v) is 16.4. The molecule has 0 aliphatic heterocycles. The van der Waals surface area contributed by atoms with Crippen LogP contribution in [-0.4, -0.2) is 26.0 Å². The molecule has 0 saturated heterocycles. The van der Waals surface area contributed by atoms with Crippen LogP contribution in [0.15, 0.2) is 91.0 Å². The first-order chi connectivity index (χ1) is 15.6.